The lowest BCUT2D eigenvalue weighted by Crippen LogP contribution is -2.31. The summed E-state index contributed by atoms with van der Waals surface area (Å²) in [5.74, 6) is 0.910. The van der Waals surface area contributed by atoms with Gasteiger partial charge in [0.15, 0.2) is 16.7 Å². The number of para-hydroxylation sites is 1. The lowest BCUT2D eigenvalue weighted by molar-refractivity contribution is -0.121. The van der Waals surface area contributed by atoms with E-state index in [1.54, 1.807) is 31.3 Å². The van der Waals surface area contributed by atoms with Crippen molar-refractivity contribution < 1.29 is 19.1 Å². The maximum absolute atomic E-state index is 12.7. The van der Waals surface area contributed by atoms with Crippen molar-refractivity contribution in [2.45, 2.75) is 11.7 Å². The molecule has 2 aliphatic rings. The van der Waals surface area contributed by atoms with Gasteiger partial charge in [-0.1, -0.05) is 30.0 Å². The van der Waals surface area contributed by atoms with Crippen LogP contribution < -0.4 is 19.7 Å². The molecule has 2 heterocycles. The van der Waals surface area contributed by atoms with Crippen molar-refractivity contribution in [3.8, 4) is 11.5 Å². The number of benzene rings is 2. The molecule has 1 fully saturated rings. The van der Waals surface area contributed by atoms with Crippen molar-refractivity contribution in [2.75, 3.05) is 24.1 Å². The van der Waals surface area contributed by atoms with E-state index in [-0.39, 0.29) is 25.0 Å². The van der Waals surface area contributed by atoms with Gasteiger partial charge in [0.2, 0.25) is 18.6 Å². The van der Waals surface area contributed by atoms with Gasteiger partial charge in [-0.2, -0.15) is 0 Å². The number of hydrogen-bond acceptors (Lipinski definition) is 6. The normalized spacial score (nSPS) is 18.9. The quantitative estimate of drug-likeness (QED) is 0.499. The molecule has 0 spiro atoms. The number of carbonyl (C=O) groups is 2. The Morgan fingerprint density at radius 2 is 1.93 bits per heavy atom. The van der Waals surface area contributed by atoms with Crippen LogP contribution in [0.15, 0.2) is 53.5 Å². The van der Waals surface area contributed by atoms with Crippen LogP contribution in [0, 0.1) is 0 Å². The van der Waals surface area contributed by atoms with Crippen molar-refractivity contribution in [1.29, 1.82) is 0 Å². The van der Waals surface area contributed by atoms with Gasteiger partial charge >= 0.3 is 0 Å². The Hall–Kier alpha value is -3.00. The zero-order valence-electron chi connectivity index (χ0n) is 14.5. The van der Waals surface area contributed by atoms with E-state index in [4.69, 9.17) is 9.47 Å². The molecule has 7 nitrogen and oxygen atoms in total. The maximum atomic E-state index is 12.7. The van der Waals surface area contributed by atoms with Gasteiger partial charge in [0.1, 0.15) is 5.25 Å². The van der Waals surface area contributed by atoms with Gasteiger partial charge in [-0.25, -0.2) is 4.90 Å². The van der Waals surface area contributed by atoms with Crippen molar-refractivity contribution in [1.82, 2.24) is 0 Å². The lowest BCUT2D eigenvalue weighted by atomic mass is 10.3. The average Bonchev–Trinajstić information content (AvgIpc) is 3.25. The van der Waals surface area contributed by atoms with E-state index in [1.165, 1.54) is 16.7 Å². The number of fused-ring (bicyclic) bond motifs is 1. The first-order chi connectivity index (χ1) is 13.2. The minimum Gasteiger partial charge on any atom is -0.454 e. The molecule has 1 N–H and O–H groups in total. The Morgan fingerprint density at radius 3 is 2.70 bits per heavy atom. The number of amides is 2. The predicted octanol–water partition coefficient (Wildman–Crippen LogP) is 2.88. The second-order valence-electron chi connectivity index (χ2n) is 5.94. The molecule has 2 amide bonds. The topological polar surface area (TPSA) is 80.2 Å². The molecule has 0 radical (unpaired) electrons. The number of thioether (sulfide) groups is 1. The second-order valence-corrected chi connectivity index (χ2v) is 7.13. The summed E-state index contributed by atoms with van der Waals surface area (Å²) in [6.07, 6.45) is 0.139. The van der Waals surface area contributed by atoms with E-state index in [9.17, 15) is 9.59 Å². The van der Waals surface area contributed by atoms with Crippen LogP contribution >= 0.6 is 11.8 Å². The van der Waals surface area contributed by atoms with Crippen molar-refractivity contribution in [2.24, 2.45) is 4.99 Å². The molecule has 1 atom stereocenters. The first kappa shape index (κ1) is 17.4. The number of nitrogens with one attached hydrogen (secondary N) is 1. The van der Waals surface area contributed by atoms with E-state index >= 15 is 0 Å². The number of imide groups is 1. The fourth-order valence-electron chi connectivity index (χ4n) is 2.92. The molecule has 0 unspecified atom stereocenters. The Morgan fingerprint density at radius 1 is 1.15 bits per heavy atom. The highest BCUT2D eigenvalue weighted by molar-refractivity contribution is 8.15. The fraction of sp³-hybridized carbons (Fsp3) is 0.211. The summed E-state index contributed by atoms with van der Waals surface area (Å²) < 4.78 is 10.7. The number of nitrogens with zero attached hydrogens (tertiary/aromatic N) is 2. The van der Waals surface area contributed by atoms with Crippen LogP contribution in [-0.4, -0.2) is 36.1 Å². The molecule has 138 valence electrons. The zero-order chi connectivity index (χ0) is 18.8. The van der Waals surface area contributed by atoms with E-state index in [1.807, 2.05) is 24.3 Å². The fourth-order valence-corrected chi connectivity index (χ4v) is 3.90. The molecule has 0 bridgehead atoms. The molecule has 1 saturated heterocycles. The second kappa shape index (κ2) is 7.32. The number of aliphatic imine (C=N–C) groups is 1. The molecule has 8 heteroatoms. The summed E-state index contributed by atoms with van der Waals surface area (Å²) in [6.45, 7) is 0.205. The maximum Gasteiger partial charge on any atom is 0.247 e. The first-order valence-electron chi connectivity index (χ1n) is 8.37. The number of rotatable bonds is 3. The number of carbonyl (C=O) groups excluding carboxylic acids is 2. The Labute approximate surface area is 160 Å². The van der Waals surface area contributed by atoms with Crippen LogP contribution in [0.25, 0.3) is 0 Å². The van der Waals surface area contributed by atoms with Gasteiger partial charge in [-0.15, -0.1) is 0 Å². The third-order valence-corrected chi connectivity index (χ3v) is 5.36. The first-order valence-corrected chi connectivity index (χ1v) is 9.25. The molecule has 0 aromatic heterocycles. The molecular weight excluding hydrogens is 366 g/mol. The lowest BCUT2D eigenvalue weighted by Gasteiger charge is -2.15. The van der Waals surface area contributed by atoms with Crippen LogP contribution in [0.3, 0.4) is 0 Å². The summed E-state index contributed by atoms with van der Waals surface area (Å²) in [6, 6.07) is 14.4. The smallest absolute Gasteiger partial charge is 0.247 e. The molecule has 27 heavy (non-hydrogen) atoms. The molecule has 0 aliphatic carbocycles. The van der Waals surface area contributed by atoms with Crippen LogP contribution in [0.4, 0.5) is 11.4 Å². The number of amidine groups is 1. The molecular formula is C19H17N3O4S. The summed E-state index contributed by atoms with van der Waals surface area (Å²) in [5, 5.41) is 3.21. The summed E-state index contributed by atoms with van der Waals surface area (Å²) in [7, 11) is 1.64. The molecule has 2 aromatic carbocycles. The van der Waals surface area contributed by atoms with E-state index in [0.717, 1.165) is 5.69 Å². The molecule has 2 aliphatic heterocycles. The van der Waals surface area contributed by atoms with Crippen LogP contribution in [-0.2, 0) is 9.59 Å². The summed E-state index contributed by atoms with van der Waals surface area (Å²) >= 11 is 1.25. The summed E-state index contributed by atoms with van der Waals surface area (Å²) in [5.41, 5.74) is 1.36. The number of hydrogen-bond donors (Lipinski definition) is 1. The van der Waals surface area contributed by atoms with Crippen molar-refractivity contribution in [3.63, 3.8) is 0 Å². The Balaban J connectivity index is 1.46. The monoisotopic (exact) mass is 383 g/mol. The average molecular weight is 383 g/mol. The van der Waals surface area contributed by atoms with Crippen molar-refractivity contribution in [3.05, 3.63) is 48.5 Å². The van der Waals surface area contributed by atoms with Crippen LogP contribution in [0.1, 0.15) is 6.42 Å². The summed E-state index contributed by atoms with van der Waals surface area (Å²) in [4.78, 5) is 30.5. The van der Waals surface area contributed by atoms with Gasteiger partial charge in [-0.05, 0) is 24.3 Å². The van der Waals surface area contributed by atoms with Gasteiger partial charge in [-0.3, -0.25) is 14.6 Å². The highest BCUT2D eigenvalue weighted by atomic mass is 32.2. The predicted molar refractivity (Wildman–Crippen MR) is 104 cm³/mol. The van der Waals surface area contributed by atoms with E-state index in [2.05, 4.69) is 10.3 Å². The minimum absolute atomic E-state index is 0.139. The van der Waals surface area contributed by atoms with Crippen LogP contribution in [0.5, 0.6) is 11.5 Å². The minimum atomic E-state index is -0.516. The number of anilines is 2. The van der Waals surface area contributed by atoms with Crippen molar-refractivity contribution >= 4 is 40.1 Å². The van der Waals surface area contributed by atoms with E-state index in [0.29, 0.717) is 22.4 Å². The standard InChI is InChI=1S/C19H17N3O4S/c1-20-19(21-12-7-8-14-15(9-12)26-11-25-14)27-16-10-17(23)22(18(16)24)13-5-3-2-4-6-13/h2-9,16H,10-11H2,1H3,(H,20,21)/t16-/m1/s1. The molecule has 0 saturated carbocycles. The molecule has 4 rings (SSSR count). The highest BCUT2D eigenvalue weighted by Gasteiger charge is 2.40. The highest BCUT2D eigenvalue weighted by Crippen LogP contribution is 2.35. The zero-order valence-corrected chi connectivity index (χ0v) is 15.4. The van der Waals surface area contributed by atoms with Gasteiger partial charge in [0, 0.05) is 25.2 Å². The van der Waals surface area contributed by atoms with E-state index < -0.39 is 5.25 Å². The van der Waals surface area contributed by atoms with Gasteiger partial charge < -0.3 is 14.8 Å². The third kappa shape index (κ3) is 3.48. The Kier molecular flexibility index (Phi) is 4.72. The largest absolute Gasteiger partial charge is 0.454 e. The SMILES string of the molecule is CN=C(Nc1ccc2c(c1)OCO2)S[C@@H]1CC(=O)N(c2ccccc2)C1=O. The van der Waals surface area contributed by atoms with Gasteiger partial charge in [0.25, 0.3) is 0 Å². The number of ether oxygens (including phenoxy) is 2. The van der Waals surface area contributed by atoms with Crippen LogP contribution in [0.2, 0.25) is 0 Å². The Bertz CT molecular complexity index is 916. The third-order valence-electron chi connectivity index (χ3n) is 4.20. The van der Waals surface area contributed by atoms with Gasteiger partial charge in [0.05, 0.1) is 5.69 Å². The molecule has 2 aromatic rings.